The van der Waals surface area contributed by atoms with Crippen molar-refractivity contribution < 1.29 is 14.3 Å². The number of hydrogen-bond donors (Lipinski definition) is 0. The zero-order valence-corrected chi connectivity index (χ0v) is 5.56. The topological polar surface area (TPSA) is 35.5 Å². The highest BCUT2D eigenvalue weighted by molar-refractivity contribution is 6.61. The first-order valence-electron chi connectivity index (χ1n) is 2.77. The van der Waals surface area contributed by atoms with Crippen molar-refractivity contribution in [2.45, 2.75) is 19.1 Å². The molecule has 0 spiro atoms. The predicted molar refractivity (Wildman–Crippen MR) is 31.3 cm³/mol. The maximum Gasteiger partial charge on any atom is 0.406 e. The molecule has 0 bridgehead atoms. The van der Waals surface area contributed by atoms with E-state index in [2.05, 4.69) is 4.74 Å². The number of carbonyl (C=O) groups excluding carboxylic acids is 1. The van der Waals surface area contributed by atoms with Crippen molar-refractivity contribution in [2.75, 3.05) is 6.61 Å². The minimum absolute atomic E-state index is 0.394. The number of ether oxygens (including phenoxy) is 2. The molecule has 0 aromatic carbocycles. The molecule has 1 saturated heterocycles. The molecule has 0 radical (unpaired) electrons. The van der Waals surface area contributed by atoms with E-state index in [1.165, 1.54) is 0 Å². The molecule has 1 aliphatic heterocycles. The standard InChI is InChI=1S/C5H7ClO3/c6-5(7)9-4-2-1-3-8-4/h4H,1-3H2. The maximum absolute atomic E-state index is 10.1. The summed E-state index contributed by atoms with van der Waals surface area (Å²) in [5, 5.41) is 0. The molecule has 1 fully saturated rings. The summed E-state index contributed by atoms with van der Waals surface area (Å²) in [4.78, 5) is 10.1. The molecule has 0 aliphatic carbocycles. The number of carbonyl (C=O) groups is 1. The van der Waals surface area contributed by atoms with Crippen molar-refractivity contribution in [2.24, 2.45) is 0 Å². The Hall–Kier alpha value is -0.280. The number of rotatable bonds is 1. The zero-order chi connectivity index (χ0) is 6.69. The Morgan fingerprint density at radius 2 is 2.56 bits per heavy atom. The highest BCUT2D eigenvalue weighted by Gasteiger charge is 2.18. The Labute approximate surface area is 57.9 Å². The molecule has 0 aromatic rings. The smallest absolute Gasteiger partial charge is 0.406 e. The van der Waals surface area contributed by atoms with Gasteiger partial charge in [-0.05, 0) is 6.42 Å². The number of halogens is 1. The molecule has 1 atom stereocenters. The van der Waals surface area contributed by atoms with Gasteiger partial charge in [-0.15, -0.1) is 0 Å². The fourth-order valence-electron chi connectivity index (χ4n) is 0.744. The molecule has 1 unspecified atom stereocenters. The average molecular weight is 151 g/mol. The summed E-state index contributed by atoms with van der Waals surface area (Å²) < 4.78 is 9.45. The van der Waals surface area contributed by atoms with Crippen molar-refractivity contribution in [3.63, 3.8) is 0 Å². The lowest BCUT2D eigenvalue weighted by Crippen LogP contribution is -2.11. The van der Waals surface area contributed by atoms with Gasteiger partial charge in [-0.3, -0.25) is 0 Å². The molecular weight excluding hydrogens is 144 g/mol. The van der Waals surface area contributed by atoms with Gasteiger partial charge >= 0.3 is 5.43 Å². The van der Waals surface area contributed by atoms with Gasteiger partial charge in [-0.1, -0.05) is 0 Å². The lowest BCUT2D eigenvalue weighted by Gasteiger charge is -2.05. The molecule has 9 heavy (non-hydrogen) atoms. The SMILES string of the molecule is O=C(Cl)OC1CCCO1. The van der Waals surface area contributed by atoms with Gasteiger partial charge in [0.1, 0.15) is 0 Å². The van der Waals surface area contributed by atoms with Crippen LogP contribution in [0.3, 0.4) is 0 Å². The van der Waals surface area contributed by atoms with E-state index in [0.717, 1.165) is 12.8 Å². The van der Waals surface area contributed by atoms with E-state index in [4.69, 9.17) is 16.3 Å². The van der Waals surface area contributed by atoms with Crippen LogP contribution >= 0.6 is 11.6 Å². The summed E-state index contributed by atoms with van der Waals surface area (Å²) in [5.41, 5.74) is -0.790. The predicted octanol–water partition coefficient (Wildman–Crippen LogP) is 1.50. The van der Waals surface area contributed by atoms with Gasteiger partial charge in [0, 0.05) is 18.0 Å². The maximum atomic E-state index is 10.1. The van der Waals surface area contributed by atoms with E-state index < -0.39 is 11.7 Å². The minimum atomic E-state index is -0.790. The summed E-state index contributed by atoms with van der Waals surface area (Å²) >= 11 is 4.92. The highest BCUT2D eigenvalue weighted by atomic mass is 35.5. The van der Waals surface area contributed by atoms with Crippen LogP contribution in [0, 0.1) is 0 Å². The van der Waals surface area contributed by atoms with Crippen LogP contribution in [0.4, 0.5) is 4.79 Å². The molecule has 4 heteroatoms. The lowest BCUT2D eigenvalue weighted by molar-refractivity contribution is -0.0595. The molecule has 52 valence electrons. The van der Waals surface area contributed by atoms with Gasteiger partial charge in [0.15, 0.2) is 0 Å². The van der Waals surface area contributed by atoms with Crippen molar-refractivity contribution in [1.29, 1.82) is 0 Å². The summed E-state index contributed by atoms with van der Waals surface area (Å²) in [6.45, 7) is 0.662. The summed E-state index contributed by atoms with van der Waals surface area (Å²) in [7, 11) is 0. The summed E-state index contributed by atoms with van der Waals surface area (Å²) in [6.07, 6.45) is 1.31. The molecular formula is C5H7ClO3. The van der Waals surface area contributed by atoms with Crippen LogP contribution in [0.15, 0.2) is 0 Å². The first-order valence-corrected chi connectivity index (χ1v) is 3.14. The first-order chi connectivity index (χ1) is 4.29. The quantitative estimate of drug-likeness (QED) is 0.532. The fourth-order valence-corrected chi connectivity index (χ4v) is 0.844. The Morgan fingerprint density at radius 1 is 1.78 bits per heavy atom. The van der Waals surface area contributed by atoms with Crippen molar-refractivity contribution in [3.05, 3.63) is 0 Å². The van der Waals surface area contributed by atoms with Gasteiger partial charge in [0.05, 0.1) is 6.61 Å². The fraction of sp³-hybridized carbons (Fsp3) is 0.800. The molecule has 0 aromatic heterocycles. The first kappa shape index (κ1) is 6.83. The number of hydrogen-bond acceptors (Lipinski definition) is 3. The Bertz CT molecular complexity index is 109. The summed E-state index contributed by atoms with van der Waals surface area (Å²) in [5.74, 6) is 0. The lowest BCUT2D eigenvalue weighted by atomic mass is 10.4. The molecule has 0 N–H and O–H groups in total. The van der Waals surface area contributed by atoms with E-state index in [1.54, 1.807) is 0 Å². The van der Waals surface area contributed by atoms with E-state index in [0.29, 0.717) is 6.61 Å². The van der Waals surface area contributed by atoms with E-state index in [1.807, 2.05) is 0 Å². The monoisotopic (exact) mass is 150 g/mol. The van der Waals surface area contributed by atoms with Crippen LogP contribution in [-0.4, -0.2) is 18.3 Å². The van der Waals surface area contributed by atoms with Crippen LogP contribution in [-0.2, 0) is 9.47 Å². The van der Waals surface area contributed by atoms with Crippen LogP contribution in [0.1, 0.15) is 12.8 Å². The third-order valence-electron chi connectivity index (χ3n) is 1.11. The highest BCUT2D eigenvalue weighted by Crippen LogP contribution is 2.13. The molecule has 1 heterocycles. The minimum Gasteiger partial charge on any atom is -0.424 e. The molecule has 3 nitrogen and oxygen atoms in total. The molecule has 0 amide bonds. The van der Waals surface area contributed by atoms with Crippen LogP contribution in [0.5, 0.6) is 0 Å². The molecule has 1 rings (SSSR count). The normalized spacial score (nSPS) is 26.1. The average Bonchev–Trinajstić information content (AvgIpc) is 2.15. The second-order valence-electron chi connectivity index (χ2n) is 1.80. The Morgan fingerprint density at radius 3 is 3.00 bits per heavy atom. The largest absolute Gasteiger partial charge is 0.424 e. The van der Waals surface area contributed by atoms with Crippen LogP contribution in [0.2, 0.25) is 0 Å². The van der Waals surface area contributed by atoms with Gasteiger partial charge in [0.25, 0.3) is 0 Å². The third-order valence-corrected chi connectivity index (χ3v) is 1.20. The van der Waals surface area contributed by atoms with E-state index in [-0.39, 0.29) is 0 Å². The zero-order valence-electron chi connectivity index (χ0n) is 4.80. The van der Waals surface area contributed by atoms with Crippen molar-refractivity contribution in [3.8, 4) is 0 Å². The van der Waals surface area contributed by atoms with Crippen LogP contribution < -0.4 is 0 Å². The van der Waals surface area contributed by atoms with Gasteiger partial charge in [-0.2, -0.15) is 0 Å². The van der Waals surface area contributed by atoms with Crippen molar-refractivity contribution in [1.82, 2.24) is 0 Å². The Kier molecular flexibility index (Phi) is 2.30. The van der Waals surface area contributed by atoms with Crippen molar-refractivity contribution >= 4 is 17.0 Å². The van der Waals surface area contributed by atoms with E-state index in [9.17, 15) is 4.79 Å². The molecule has 1 aliphatic rings. The second kappa shape index (κ2) is 3.03. The van der Waals surface area contributed by atoms with Gasteiger partial charge in [0.2, 0.25) is 6.29 Å². The van der Waals surface area contributed by atoms with E-state index >= 15 is 0 Å². The Balaban J connectivity index is 2.19. The van der Waals surface area contributed by atoms with Crippen LogP contribution in [0.25, 0.3) is 0 Å². The van der Waals surface area contributed by atoms with Gasteiger partial charge in [-0.25, -0.2) is 4.79 Å². The molecule has 0 saturated carbocycles. The second-order valence-corrected chi connectivity index (χ2v) is 2.11. The van der Waals surface area contributed by atoms with Gasteiger partial charge < -0.3 is 9.47 Å². The summed E-state index contributed by atoms with van der Waals surface area (Å²) in [6, 6.07) is 0. The third kappa shape index (κ3) is 2.20.